The third-order valence-corrected chi connectivity index (χ3v) is 6.28. The van der Waals surface area contributed by atoms with Crippen molar-refractivity contribution in [3.63, 3.8) is 0 Å². The number of aliphatic imine (C=N–C) groups is 1. The average molecular weight is 454 g/mol. The summed E-state index contributed by atoms with van der Waals surface area (Å²) in [5.74, 6) is 0.998. The summed E-state index contributed by atoms with van der Waals surface area (Å²) in [4.78, 5) is 20.9. The zero-order valence-corrected chi connectivity index (χ0v) is 18.4. The Labute approximate surface area is 186 Å². The third kappa shape index (κ3) is 5.38. The second-order valence-electron chi connectivity index (χ2n) is 7.49. The molecule has 2 heterocycles. The molecule has 0 saturated heterocycles. The number of aromatic nitrogens is 2. The lowest BCUT2D eigenvalue weighted by Gasteiger charge is -2.10. The fourth-order valence-electron chi connectivity index (χ4n) is 3.20. The fraction of sp³-hybridized carbons (Fsp3) is 0.273. The smallest absolute Gasteiger partial charge is 0.262 e. The molecule has 1 aromatic heterocycles. The lowest BCUT2D eigenvalue weighted by Crippen LogP contribution is -2.29. The van der Waals surface area contributed by atoms with Crippen LogP contribution in [0.5, 0.6) is 0 Å². The number of amides is 1. The van der Waals surface area contributed by atoms with Gasteiger partial charge in [-0.05, 0) is 31.5 Å². The van der Waals surface area contributed by atoms with Gasteiger partial charge in [-0.15, -0.1) is 0 Å². The van der Waals surface area contributed by atoms with Gasteiger partial charge >= 0.3 is 0 Å². The molecular formula is C22H23N5O4S. The van der Waals surface area contributed by atoms with Crippen molar-refractivity contribution in [1.29, 1.82) is 0 Å². The Morgan fingerprint density at radius 2 is 1.97 bits per heavy atom. The van der Waals surface area contributed by atoms with Crippen LogP contribution in [-0.4, -0.2) is 36.8 Å². The monoisotopic (exact) mass is 453 g/mol. The number of rotatable bonds is 7. The maximum atomic E-state index is 12.5. The number of nitrogens with zero attached hydrogens (tertiary/aromatic N) is 3. The zero-order chi connectivity index (χ0) is 22.6. The van der Waals surface area contributed by atoms with Gasteiger partial charge in [0.2, 0.25) is 17.6 Å². The first-order valence-electron chi connectivity index (χ1n) is 10.2. The van der Waals surface area contributed by atoms with E-state index in [-0.39, 0.29) is 23.6 Å². The second-order valence-corrected chi connectivity index (χ2v) is 9.17. The van der Waals surface area contributed by atoms with Gasteiger partial charge < -0.3 is 9.84 Å². The predicted octanol–water partition coefficient (Wildman–Crippen LogP) is 3.09. The summed E-state index contributed by atoms with van der Waals surface area (Å²) in [6, 6.07) is 13.8. The number of hydrogen-bond acceptors (Lipinski definition) is 7. The summed E-state index contributed by atoms with van der Waals surface area (Å²) in [7, 11) is -3.75. The molecule has 0 bridgehead atoms. The van der Waals surface area contributed by atoms with E-state index in [9.17, 15) is 13.2 Å². The highest BCUT2D eigenvalue weighted by atomic mass is 32.2. The van der Waals surface area contributed by atoms with Gasteiger partial charge in [0.15, 0.2) is 0 Å². The molecule has 0 spiro atoms. The van der Waals surface area contributed by atoms with Crippen LogP contribution in [0.25, 0.3) is 11.4 Å². The van der Waals surface area contributed by atoms with E-state index in [0.29, 0.717) is 36.2 Å². The van der Waals surface area contributed by atoms with E-state index in [1.807, 2.05) is 31.2 Å². The molecule has 0 atom stereocenters. The molecule has 0 unspecified atom stereocenters. The van der Waals surface area contributed by atoms with Gasteiger partial charge in [-0.3, -0.25) is 14.5 Å². The Kier molecular flexibility index (Phi) is 6.31. The molecule has 2 N–H and O–H groups in total. The van der Waals surface area contributed by atoms with Gasteiger partial charge in [0.1, 0.15) is 5.84 Å². The van der Waals surface area contributed by atoms with Crippen molar-refractivity contribution >= 4 is 27.5 Å². The summed E-state index contributed by atoms with van der Waals surface area (Å²) in [6.45, 7) is 2.62. The fourth-order valence-corrected chi connectivity index (χ4v) is 4.33. The molecule has 0 radical (unpaired) electrons. The predicted molar refractivity (Wildman–Crippen MR) is 120 cm³/mol. The minimum Gasteiger partial charge on any atom is -0.339 e. The minimum atomic E-state index is -3.75. The summed E-state index contributed by atoms with van der Waals surface area (Å²) in [5, 5.41) is 6.67. The number of hydrogen-bond donors (Lipinski definition) is 2. The Hall–Kier alpha value is -3.53. The first-order chi connectivity index (χ1) is 15.4. The minimum absolute atomic E-state index is 0.0598. The maximum absolute atomic E-state index is 12.5. The van der Waals surface area contributed by atoms with Crippen molar-refractivity contribution in [2.75, 3.05) is 11.9 Å². The summed E-state index contributed by atoms with van der Waals surface area (Å²) >= 11 is 0. The van der Waals surface area contributed by atoms with Crippen molar-refractivity contribution in [3.8, 4) is 11.4 Å². The molecule has 166 valence electrons. The lowest BCUT2D eigenvalue weighted by atomic mass is 10.1. The number of aryl methyl sites for hydroxylation is 2. The number of amidine groups is 1. The molecule has 4 rings (SSSR count). The molecule has 32 heavy (non-hydrogen) atoms. The Bertz CT molecular complexity index is 1250. The van der Waals surface area contributed by atoms with Gasteiger partial charge in [-0.25, -0.2) is 8.42 Å². The van der Waals surface area contributed by atoms with Gasteiger partial charge in [-0.2, -0.15) is 4.98 Å². The van der Waals surface area contributed by atoms with Gasteiger partial charge in [0.05, 0.1) is 4.90 Å². The molecule has 0 fully saturated rings. The number of benzene rings is 2. The summed E-state index contributed by atoms with van der Waals surface area (Å²) < 4.78 is 32.8. The van der Waals surface area contributed by atoms with Gasteiger partial charge in [0.25, 0.3) is 10.0 Å². The Morgan fingerprint density at radius 3 is 2.72 bits per heavy atom. The van der Waals surface area contributed by atoms with Crippen molar-refractivity contribution in [3.05, 3.63) is 60.0 Å². The van der Waals surface area contributed by atoms with Crippen LogP contribution in [0.4, 0.5) is 5.69 Å². The quantitative estimate of drug-likeness (QED) is 0.566. The topological polar surface area (TPSA) is 127 Å². The molecule has 1 amide bonds. The standard InChI is InChI=1S/C22H23N5O4S/c1-15-7-9-16(10-8-15)22-25-21(31-26-22)12-11-20(28)24-17-4-2-5-18(14-17)32(29,30)27-19-6-3-13-23-19/h2,4-5,7-10,14H,3,6,11-13H2,1H3,(H,23,27)(H,24,28). The van der Waals surface area contributed by atoms with E-state index in [1.54, 1.807) is 12.1 Å². The largest absolute Gasteiger partial charge is 0.339 e. The second kappa shape index (κ2) is 9.31. The van der Waals surface area contributed by atoms with Crippen LogP contribution in [0, 0.1) is 6.92 Å². The molecular weight excluding hydrogens is 430 g/mol. The van der Waals surface area contributed by atoms with Crippen molar-refractivity contribution in [2.24, 2.45) is 4.99 Å². The molecule has 10 heteroatoms. The van der Waals surface area contributed by atoms with E-state index >= 15 is 0 Å². The van der Waals surface area contributed by atoms with Crippen molar-refractivity contribution in [2.45, 2.75) is 37.5 Å². The number of sulfonamides is 1. The average Bonchev–Trinajstić information content (AvgIpc) is 3.45. The van der Waals surface area contributed by atoms with Crippen LogP contribution in [0.15, 0.2) is 62.9 Å². The van der Waals surface area contributed by atoms with Crippen molar-refractivity contribution < 1.29 is 17.7 Å². The van der Waals surface area contributed by atoms with E-state index in [0.717, 1.165) is 17.5 Å². The molecule has 2 aromatic carbocycles. The highest BCUT2D eigenvalue weighted by Crippen LogP contribution is 2.18. The van der Waals surface area contributed by atoms with E-state index < -0.39 is 10.0 Å². The molecule has 0 saturated carbocycles. The number of carbonyl (C=O) groups excluding carboxylic acids is 1. The summed E-state index contributed by atoms with van der Waals surface area (Å²) in [5.41, 5.74) is 2.36. The maximum Gasteiger partial charge on any atom is 0.262 e. The van der Waals surface area contributed by atoms with Crippen LogP contribution < -0.4 is 10.0 Å². The number of anilines is 1. The normalized spacial score (nSPS) is 13.6. The van der Waals surface area contributed by atoms with E-state index in [2.05, 4.69) is 25.2 Å². The summed E-state index contributed by atoms with van der Waals surface area (Å²) in [6.07, 6.45) is 1.82. The van der Waals surface area contributed by atoms with Crippen LogP contribution in [0.1, 0.15) is 30.7 Å². The zero-order valence-electron chi connectivity index (χ0n) is 17.5. The molecule has 0 aliphatic carbocycles. The van der Waals surface area contributed by atoms with Crippen LogP contribution in [-0.2, 0) is 21.2 Å². The molecule has 3 aromatic rings. The highest BCUT2D eigenvalue weighted by molar-refractivity contribution is 7.90. The Morgan fingerprint density at radius 1 is 1.16 bits per heavy atom. The first kappa shape index (κ1) is 21.7. The number of nitrogens with one attached hydrogen (secondary N) is 2. The van der Waals surface area contributed by atoms with E-state index in [1.165, 1.54) is 12.1 Å². The number of carbonyl (C=O) groups is 1. The third-order valence-electron chi connectivity index (χ3n) is 4.90. The van der Waals surface area contributed by atoms with Gasteiger partial charge in [-0.1, -0.05) is 41.1 Å². The first-order valence-corrected chi connectivity index (χ1v) is 11.7. The van der Waals surface area contributed by atoms with Crippen LogP contribution >= 0.6 is 0 Å². The molecule has 1 aliphatic rings. The molecule has 9 nitrogen and oxygen atoms in total. The van der Waals surface area contributed by atoms with Gasteiger partial charge in [0, 0.05) is 37.1 Å². The van der Waals surface area contributed by atoms with Crippen molar-refractivity contribution in [1.82, 2.24) is 14.9 Å². The van der Waals surface area contributed by atoms with E-state index in [4.69, 9.17) is 4.52 Å². The SMILES string of the molecule is Cc1ccc(-c2noc(CCC(=O)Nc3cccc(S(=O)(=O)NC4=NCCC4)c3)n2)cc1. The van der Waals surface area contributed by atoms with Crippen LogP contribution in [0.3, 0.4) is 0 Å². The lowest BCUT2D eigenvalue weighted by molar-refractivity contribution is -0.116. The highest BCUT2D eigenvalue weighted by Gasteiger charge is 2.19. The Balaban J connectivity index is 1.34. The van der Waals surface area contributed by atoms with Crippen LogP contribution in [0.2, 0.25) is 0 Å². The molecule has 1 aliphatic heterocycles.